The highest BCUT2D eigenvalue weighted by Gasteiger charge is 2.22. The molecule has 0 unspecified atom stereocenters. The minimum atomic E-state index is -1.23. The SMILES string of the molecule is C[N+](C)(C)c1cc(Cl)c(C(=O)O)cc1F. The summed E-state index contributed by atoms with van der Waals surface area (Å²) in [4.78, 5) is 10.7. The second-order valence-electron chi connectivity index (χ2n) is 4.10. The van der Waals surface area contributed by atoms with Crippen LogP contribution in [0.3, 0.4) is 0 Å². The van der Waals surface area contributed by atoms with E-state index >= 15 is 0 Å². The van der Waals surface area contributed by atoms with Gasteiger partial charge in [0.05, 0.1) is 31.7 Å². The summed E-state index contributed by atoms with van der Waals surface area (Å²) in [7, 11) is 5.32. The first-order valence-electron chi connectivity index (χ1n) is 4.28. The van der Waals surface area contributed by atoms with Gasteiger partial charge < -0.3 is 5.11 Å². The molecule has 1 aromatic carbocycles. The van der Waals surface area contributed by atoms with Crippen LogP contribution in [0.2, 0.25) is 5.02 Å². The Kier molecular flexibility index (Phi) is 3.02. The first kappa shape index (κ1) is 11.9. The summed E-state index contributed by atoms with van der Waals surface area (Å²) in [6, 6.07) is 2.30. The number of carbonyl (C=O) groups is 1. The van der Waals surface area contributed by atoms with Gasteiger partial charge in [0.25, 0.3) is 0 Å². The van der Waals surface area contributed by atoms with Crippen LogP contribution in [0.15, 0.2) is 12.1 Å². The average Bonchev–Trinajstić information content (AvgIpc) is 2.06. The first-order chi connectivity index (χ1) is 6.73. The number of rotatable bonds is 2. The minimum absolute atomic E-state index is 0.0481. The van der Waals surface area contributed by atoms with Gasteiger partial charge in [0, 0.05) is 6.07 Å². The maximum absolute atomic E-state index is 13.5. The van der Waals surface area contributed by atoms with E-state index in [1.165, 1.54) is 6.07 Å². The summed E-state index contributed by atoms with van der Waals surface area (Å²) >= 11 is 5.74. The van der Waals surface area contributed by atoms with Gasteiger partial charge in [-0.15, -0.1) is 0 Å². The molecule has 82 valence electrons. The molecule has 15 heavy (non-hydrogen) atoms. The molecule has 0 aliphatic heterocycles. The van der Waals surface area contributed by atoms with E-state index in [-0.39, 0.29) is 15.1 Å². The predicted molar refractivity (Wildman–Crippen MR) is 57.9 cm³/mol. The van der Waals surface area contributed by atoms with Crippen molar-refractivity contribution < 1.29 is 14.3 Å². The van der Waals surface area contributed by atoms with Gasteiger partial charge in [0.2, 0.25) is 0 Å². The van der Waals surface area contributed by atoms with Gasteiger partial charge >= 0.3 is 5.97 Å². The number of aromatic carboxylic acids is 1. The number of nitrogens with zero attached hydrogens (tertiary/aromatic N) is 1. The number of halogens is 2. The van der Waals surface area contributed by atoms with E-state index in [0.717, 1.165) is 6.07 Å². The lowest BCUT2D eigenvalue weighted by Crippen LogP contribution is -2.35. The average molecular weight is 233 g/mol. The van der Waals surface area contributed by atoms with Crippen molar-refractivity contribution in [2.75, 3.05) is 21.1 Å². The van der Waals surface area contributed by atoms with Crippen molar-refractivity contribution in [1.29, 1.82) is 0 Å². The largest absolute Gasteiger partial charge is 0.478 e. The van der Waals surface area contributed by atoms with Crippen LogP contribution in [-0.2, 0) is 0 Å². The van der Waals surface area contributed by atoms with Crippen molar-refractivity contribution in [1.82, 2.24) is 4.48 Å². The second-order valence-corrected chi connectivity index (χ2v) is 4.51. The fourth-order valence-electron chi connectivity index (χ4n) is 1.21. The first-order valence-corrected chi connectivity index (χ1v) is 4.65. The highest BCUT2D eigenvalue weighted by molar-refractivity contribution is 6.33. The Labute approximate surface area is 92.3 Å². The van der Waals surface area contributed by atoms with Gasteiger partial charge in [-0.25, -0.2) is 9.18 Å². The van der Waals surface area contributed by atoms with Crippen LogP contribution >= 0.6 is 11.6 Å². The molecule has 1 aromatic rings. The maximum atomic E-state index is 13.5. The summed E-state index contributed by atoms with van der Waals surface area (Å²) in [6.07, 6.45) is 0. The standard InChI is InChI=1S/C10H11ClFNO2/c1-13(2,3)9-5-7(11)6(10(14)15)4-8(9)12/h4-5H,1-3H3/p+1. The predicted octanol–water partition coefficient (Wildman–Crippen LogP) is 2.37. The zero-order valence-electron chi connectivity index (χ0n) is 8.71. The van der Waals surface area contributed by atoms with Crippen molar-refractivity contribution >= 4 is 23.3 Å². The normalized spacial score (nSPS) is 11.5. The molecule has 0 fully saturated rings. The van der Waals surface area contributed by atoms with Crippen molar-refractivity contribution in [3.05, 3.63) is 28.5 Å². The third-order valence-electron chi connectivity index (χ3n) is 1.99. The number of hydrogen-bond acceptors (Lipinski definition) is 1. The molecule has 0 heterocycles. The highest BCUT2D eigenvalue weighted by Crippen LogP contribution is 2.28. The fraction of sp³-hybridized carbons (Fsp3) is 0.300. The van der Waals surface area contributed by atoms with Crippen LogP contribution in [0.1, 0.15) is 10.4 Å². The zero-order valence-corrected chi connectivity index (χ0v) is 9.47. The number of carboxylic acids is 1. The van der Waals surface area contributed by atoms with Crippen LogP contribution in [-0.4, -0.2) is 32.2 Å². The molecule has 0 aliphatic rings. The fourth-order valence-corrected chi connectivity index (χ4v) is 1.45. The van der Waals surface area contributed by atoms with E-state index in [1.807, 2.05) is 0 Å². The molecule has 0 aliphatic carbocycles. The Morgan fingerprint density at radius 2 is 1.93 bits per heavy atom. The summed E-state index contributed by atoms with van der Waals surface area (Å²) in [5.41, 5.74) is 0.136. The molecule has 0 spiro atoms. The lowest BCUT2D eigenvalue weighted by molar-refractivity contribution is 0.0696. The maximum Gasteiger partial charge on any atom is 0.337 e. The number of quaternary nitrogens is 1. The molecule has 0 saturated carbocycles. The van der Waals surface area contributed by atoms with Crippen molar-refractivity contribution in [2.24, 2.45) is 0 Å². The molecule has 0 aromatic heterocycles. The molecular weight excluding hydrogens is 221 g/mol. The van der Waals surface area contributed by atoms with Gasteiger partial charge in [-0.2, -0.15) is 0 Å². The van der Waals surface area contributed by atoms with E-state index in [4.69, 9.17) is 16.7 Å². The van der Waals surface area contributed by atoms with Crippen LogP contribution in [0, 0.1) is 5.82 Å². The zero-order chi connectivity index (χ0) is 11.8. The van der Waals surface area contributed by atoms with Gasteiger partial charge in [0.1, 0.15) is 0 Å². The van der Waals surface area contributed by atoms with Crippen molar-refractivity contribution in [2.45, 2.75) is 0 Å². The molecule has 0 saturated heterocycles. The summed E-state index contributed by atoms with van der Waals surface area (Å²) < 4.78 is 13.8. The van der Waals surface area contributed by atoms with Crippen molar-refractivity contribution in [3.63, 3.8) is 0 Å². The topological polar surface area (TPSA) is 37.3 Å². The molecule has 1 N–H and O–H groups in total. The van der Waals surface area contributed by atoms with Gasteiger partial charge in [0.15, 0.2) is 11.5 Å². The number of carboxylic acid groups (broad SMARTS) is 1. The molecule has 0 radical (unpaired) electrons. The summed E-state index contributed by atoms with van der Waals surface area (Å²) in [5.74, 6) is -1.80. The Morgan fingerprint density at radius 1 is 1.40 bits per heavy atom. The Bertz CT molecular complexity index is 413. The molecule has 1 rings (SSSR count). The van der Waals surface area contributed by atoms with Crippen LogP contribution in [0.5, 0.6) is 0 Å². The summed E-state index contributed by atoms with van der Waals surface area (Å²) in [6.45, 7) is 0. The van der Waals surface area contributed by atoms with Gasteiger partial charge in [-0.1, -0.05) is 11.6 Å². The van der Waals surface area contributed by atoms with Gasteiger partial charge in [-0.3, -0.25) is 4.48 Å². The van der Waals surface area contributed by atoms with E-state index < -0.39 is 11.8 Å². The number of hydrogen-bond donors (Lipinski definition) is 1. The number of benzene rings is 1. The molecule has 5 heteroatoms. The van der Waals surface area contributed by atoms with Crippen LogP contribution in [0.25, 0.3) is 0 Å². The lowest BCUT2D eigenvalue weighted by Gasteiger charge is -2.24. The Morgan fingerprint density at radius 3 is 2.33 bits per heavy atom. The quantitative estimate of drug-likeness (QED) is 0.795. The third kappa shape index (κ3) is 2.46. The van der Waals surface area contributed by atoms with E-state index in [2.05, 4.69) is 0 Å². The molecular formula is C10H12ClFNO2+. The van der Waals surface area contributed by atoms with Gasteiger partial charge in [-0.05, 0) is 6.07 Å². The smallest absolute Gasteiger partial charge is 0.337 e. The van der Waals surface area contributed by atoms with E-state index in [9.17, 15) is 9.18 Å². The molecule has 0 amide bonds. The monoisotopic (exact) mass is 232 g/mol. The third-order valence-corrected chi connectivity index (χ3v) is 2.30. The Balaban J connectivity index is 3.39. The van der Waals surface area contributed by atoms with E-state index in [0.29, 0.717) is 5.69 Å². The van der Waals surface area contributed by atoms with Crippen LogP contribution < -0.4 is 4.48 Å². The minimum Gasteiger partial charge on any atom is -0.478 e. The van der Waals surface area contributed by atoms with E-state index in [1.54, 1.807) is 21.1 Å². The molecule has 0 atom stereocenters. The van der Waals surface area contributed by atoms with Crippen LogP contribution in [0.4, 0.5) is 10.1 Å². The summed E-state index contributed by atoms with van der Waals surface area (Å²) in [5, 5.41) is 8.78. The molecule has 0 bridgehead atoms. The highest BCUT2D eigenvalue weighted by atomic mass is 35.5. The molecule has 3 nitrogen and oxygen atoms in total. The van der Waals surface area contributed by atoms with Crippen molar-refractivity contribution in [3.8, 4) is 0 Å². The lowest BCUT2D eigenvalue weighted by atomic mass is 10.1. The Hall–Kier alpha value is -1.13. The second kappa shape index (κ2) is 3.79.